The number of pyridine rings is 1. The minimum atomic E-state index is 0.516. The lowest BCUT2D eigenvalue weighted by molar-refractivity contribution is 0.255. The van der Waals surface area contributed by atoms with Crippen molar-refractivity contribution in [3.8, 4) is 0 Å². The molecule has 0 spiro atoms. The monoisotopic (exact) mass is 261 g/mol. The molecule has 2 rings (SSSR count). The van der Waals surface area contributed by atoms with Crippen molar-refractivity contribution in [1.82, 2.24) is 9.88 Å². The average molecular weight is 261 g/mol. The van der Waals surface area contributed by atoms with Crippen LogP contribution in [0.5, 0.6) is 0 Å². The predicted octanol–water partition coefficient (Wildman–Crippen LogP) is 3.53. The van der Waals surface area contributed by atoms with Gasteiger partial charge in [0.2, 0.25) is 0 Å². The molecule has 0 aliphatic carbocycles. The Labute approximate surface area is 117 Å². The Morgan fingerprint density at radius 3 is 2.79 bits per heavy atom. The van der Waals surface area contributed by atoms with E-state index in [2.05, 4.69) is 48.1 Å². The molecule has 2 heterocycles. The Kier molecular flexibility index (Phi) is 4.81. The van der Waals surface area contributed by atoms with Gasteiger partial charge in [-0.1, -0.05) is 19.9 Å². The maximum Gasteiger partial charge on any atom is 0.125 e. The van der Waals surface area contributed by atoms with Crippen LogP contribution in [0.1, 0.15) is 45.6 Å². The molecule has 3 nitrogen and oxygen atoms in total. The van der Waals surface area contributed by atoms with E-state index in [9.17, 15) is 0 Å². The molecule has 1 aliphatic rings. The lowest BCUT2D eigenvalue weighted by Gasteiger charge is -2.23. The molecular formula is C16H27N3. The molecule has 1 saturated heterocycles. The molecule has 0 radical (unpaired) electrons. The number of aromatic nitrogens is 1. The van der Waals surface area contributed by atoms with Gasteiger partial charge in [0.25, 0.3) is 0 Å². The van der Waals surface area contributed by atoms with E-state index >= 15 is 0 Å². The maximum atomic E-state index is 4.45. The summed E-state index contributed by atoms with van der Waals surface area (Å²) in [4.78, 5) is 7.02. The molecule has 106 valence electrons. The fourth-order valence-corrected chi connectivity index (χ4v) is 2.70. The van der Waals surface area contributed by atoms with Gasteiger partial charge in [-0.3, -0.25) is 4.90 Å². The third kappa shape index (κ3) is 4.50. The van der Waals surface area contributed by atoms with E-state index in [0.717, 1.165) is 18.9 Å². The average Bonchev–Trinajstić information content (AvgIpc) is 2.54. The van der Waals surface area contributed by atoms with Crippen LogP contribution >= 0.6 is 0 Å². The van der Waals surface area contributed by atoms with Crippen molar-refractivity contribution in [1.29, 1.82) is 0 Å². The van der Waals surface area contributed by atoms with Gasteiger partial charge in [0.1, 0.15) is 5.82 Å². The Balaban J connectivity index is 1.90. The van der Waals surface area contributed by atoms with E-state index in [1.54, 1.807) is 0 Å². The van der Waals surface area contributed by atoms with Crippen LogP contribution in [0.25, 0.3) is 0 Å². The second-order valence-corrected chi connectivity index (χ2v) is 6.38. The number of likely N-dealkylation sites (tertiary alicyclic amines) is 1. The van der Waals surface area contributed by atoms with E-state index in [-0.39, 0.29) is 0 Å². The molecule has 0 aromatic carbocycles. The Bertz CT molecular complexity index is 383. The number of hydrogen-bond donors (Lipinski definition) is 1. The van der Waals surface area contributed by atoms with Crippen molar-refractivity contribution in [2.45, 2.75) is 46.6 Å². The van der Waals surface area contributed by atoms with E-state index in [0.29, 0.717) is 5.41 Å². The molecule has 1 aromatic rings. The molecule has 1 aliphatic heterocycles. The van der Waals surface area contributed by atoms with E-state index in [4.69, 9.17) is 0 Å². The van der Waals surface area contributed by atoms with Crippen LogP contribution in [-0.4, -0.2) is 29.5 Å². The van der Waals surface area contributed by atoms with Crippen LogP contribution in [0.15, 0.2) is 18.3 Å². The van der Waals surface area contributed by atoms with Crippen LogP contribution in [-0.2, 0) is 6.54 Å². The molecule has 0 amide bonds. The summed E-state index contributed by atoms with van der Waals surface area (Å²) in [5, 5.41) is 3.23. The van der Waals surface area contributed by atoms with E-state index in [1.165, 1.54) is 37.9 Å². The van der Waals surface area contributed by atoms with Gasteiger partial charge in [0.05, 0.1) is 0 Å². The zero-order chi connectivity index (χ0) is 13.7. The van der Waals surface area contributed by atoms with Gasteiger partial charge in [-0.15, -0.1) is 0 Å². The number of rotatable bonds is 4. The first-order chi connectivity index (χ1) is 9.09. The smallest absolute Gasteiger partial charge is 0.125 e. The van der Waals surface area contributed by atoms with Crippen molar-refractivity contribution in [3.63, 3.8) is 0 Å². The van der Waals surface area contributed by atoms with Gasteiger partial charge < -0.3 is 5.32 Å². The quantitative estimate of drug-likeness (QED) is 0.898. The zero-order valence-electron chi connectivity index (χ0n) is 12.6. The normalized spacial score (nSPS) is 19.9. The zero-order valence-corrected chi connectivity index (χ0v) is 12.6. The summed E-state index contributed by atoms with van der Waals surface area (Å²) >= 11 is 0. The van der Waals surface area contributed by atoms with Crippen molar-refractivity contribution >= 4 is 5.82 Å². The molecule has 19 heavy (non-hydrogen) atoms. The molecule has 3 heteroatoms. The van der Waals surface area contributed by atoms with Crippen molar-refractivity contribution < 1.29 is 0 Å². The van der Waals surface area contributed by atoms with Gasteiger partial charge in [-0.2, -0.15) is 0 Å². The molecule has 1 N–H and O–H groups in total. The SMILES string of the molecule is CCNc1ccc(CN2CCCC(C)(C)CC2)cn1. The van der Waals surface area contributed by atoms with Crippen molar-refractivity contribution in [2.24, 2.45) is 5.41 Å². The lowest BCUT2D eigenvalue weighted by Crippen LogP contribution is -2.25. The minimum Gasteiger partial charge on any atom is -0.370 e. The summed E-state index contributed by atoms with van der Waals surface area (Å²) in [7, 11) is 0. The van der Waals surface area contributed by atoms with Gasteiger partial charge in [0, 0.05) is 19.3 Å². The summed E-state index contributed by atoms with van der Waals surface area (Å²) in [5.74, 6) is 0.975. The van der Waals surface area contributed by atoms with E-state index < -0.39 is 0 Å². The predicted molar refractivity (Wildman–Crippen MR) is 81.3 cm³/mol. The second-order valence-electron chi connectivity index (χ2n) is 6.38. The van der Waals surface area contributed by atoms with Gasteiger partial charge in [-0.25, -0.2) is 4.98 Å². The Hall–Kier alpha value is -1.09. The summed E-state index contributed by atoms with van der Waals surface area (Å²) in [6, 6.07) is 4.28. The summed E-state index contributed by atoms with van der Waals surface area (Å²) in [6.45, 7) is 11.3. The van der Waals surface area contributed by atoms with Crippen molar-refractivity contribution in [3.05, 3.63) is 23.9 Å². The van der Waals surface area contributed by atoms with Crippen LogP contribution in [0.2, 0.25) is 0 Å². The topological polar surface area (TPSA) is 28.2 Å². The number of nitrogens with zero attached hydrogens (tertiary/aromatic N) is 2. The highest BCUT2D eigenvalue weighted by Gasteiger charge is 2.22. The summed E-state index contributed by atoms with van der Waals surface area (Å²) in [5.41, 5.74) is 1.84. The molecule has 0 bridgehead atoms. The fourth-order valence-electron chi connectivity index (χ4n) is 2.70. The highest BCUT2D eigenvalue weighted by molar-refractivity contribution is 5.35. The first kappa shape index (κ1) is 14.3. The van der Waals surface area contributed by atoms with Crippen LogP contribution in [0.4, 0.5) is 5.82 Å². The third-order valence-electron chi connectivity index (χ3n) is 4.02. The molecule has 0 saturated carbocycles. The highest BCUT2D eigenvalue weighted by Crippen LogP contribution is 2.30. The summed E-state index contributed by atoms with van der Waals surface area (Å²) in [6.07, 6.45) is 5.97. The minimum absolute atomic E-state index is 0.516. The maximum absolute atomic E-state index is 4.45. The highest BCUT2D eigenvalue weighted by atomic mass is 15.1. The van der Waals surface area contributed by atoms with Gasteiger partial charge >= 0.3 is 0 Å². The van der Waals surface area contributed by atoms with Crippen LogP contribution in [0.3, 0.4) is 0 Å². The first-order valence-corrected chi connectivity index (χ1v) is 7.50. The molecule has 0 atom stereocenters. The lowest BCUT2D eigenvalue weighted by atomic mass is 9.85. The van der Waals surface area contributed by atoms with E-state index in [1.807, 2.05) is 6.20 Å². The van der Waals surface area contributed by atoms with Gasteiger partial charge in [0.15, 0.2) is 0 Å². The first-order valence-electron chi connectivity index (χ1n) is 7.50. The standard InChI is InChI=1S/C16H27N3/c1-4-17-15-7-6-14(12-18-15)13-19-10-5-8-16(2,3)9-11-19/h6-7,12H,4-5,8-11,13H2,1-3H3,(H,17,18). The molecular weight excluding hydrogens is 234 g/mol. The third-order valence-corrected chi connectivity index (χ3v) is 4.02. The van der Waals surface area contributed by atoms with Crippen LogP contribution in [0, 0.1) is 5.41 Å². The summed E-state index contributed by atoms with van der Waals surface area (Å²) < 4.78 is 0. The number of anilines is 1. The largest absolute Gasteiger partial charge is 0.370 e. The van der Waals surface area contributed by atoms with Crippen molar-refractivity contribution in [2.75, 3.05) is 25.0 Å². The van der Waals surface area contributed by atoms with Gasteiger partial charge in [-0.05, 0) is 56.3 Å². The molecule has 1 aromatic heterocycles. The number of hydrogen-bond acceptors (Lipinski definition) is 3. The fraction of sp³-hybridized carbons (Fsp3) is 0.688. The molecule has 1 fully saturated rings. The van der Waals surface area contributed by atoms with Crippen LogP contribution < -0.4 is 5.32 Å². The Morgan fingerprint density at radius 2 is 2.11 bits per heavy atom. The molecule has 0 unspecified atom stereocenters. The number of nitrogens with one attached hydrogen (secondary N) is 1. The Morgan fingerprint density at radius 1 is 1.26 bits per heavy atom. The second kappa shape index (κ2) is 6.38.